The molecule has 1 heterocycles. The summed E-state index contributed by atoms with van der Waals surface area (Å²) in [5.74, 6) is -1.31. The Hall–Kier alpha value is -0.330. The quantitative estimate of drug-likeness (QED) is 0.786. The summed E-state index contributed by atoms with van der Waals surface area (Å²) in [7, 11) is 0. The Morgan fingerprint density at radius 1 is 1.11 bits per heavy atom. The maximum absolute atomic E-state index is 13.0. The maximum atomic E-state index is 13.0. The Morgan fingerprint density at radius 3 is 2.61 bits per heavy atom. The van der Waals surface area contributed by atoms with Crippen LogP contribution in [0.25, 0.3) is 0 Å². The van der Waals surface area contributed by atoms with Gasteiger partial charge in [-0.1, -0.05) is 0 Å². The third-order valence-electron chi connectivity index (χ3n) is 3.94. The molecule has 18 heavy (non-hydrogen) atoms. The van der Waals surface area contributed by atoms with Gasteiger partial charge in [0.05, 0.1) is 18.6 Å². The second-order valence-corrected chi connectivity index (χ2v) is 5.18. The third kappa shape index (κ3) is 3.36. The fourth-order valence-electron chi connectivity index (χ4n) is 3.01. The van der Waals surface area contributed by atoms with Gasteiger partial charge in [0.1, 0.15) is 0 Å². The predicted molar refractivity (Wildman–Crippen MR) is 60.2 cm³/mol. The smallest absolute Gasteiger partial charge is 0.393 e. The highest BCUT2D eigenvalue weighted by atomic mass is 19.4. The molecule has 3 nitrogen and oxygen atoms in total. The van der Waals surface area contributed by atoms with E-state index in [4.69, 9.17) is 4.74 Å². The standard InChI is InChI=1S/C12H20F3NO2/c13-12(14,15)10-3-2-9(17)8-11(10)16-4-1-6-18-7-5-16/h9-11,17H,1-8H2. The van der Waals surface area contributed by atoms with Gasteiger partial charge in [-0.15, -0.1) is 0 Å². The molecular weight excluding hydrogens is 247 g/mol. The first-order chi connectivity index (χ1) is 8.48. The van der Waals surface area contributed by atoms with Gasteiger partial charge in [0.15, 0.2) is 0 Å². The van der Waals surface area contributed by atoms with E-state index in [2.05, 4.69) is 0 Å². The van der Waals surface area contributed by atoms with E-state index >= 15 is 0 Å². The van der Waals surface area contributed by atoms with E-state index in [0.717, 1.165) is 6.42 Å². The first-order valence-electron chi connectivity index (χ1n) is 6.55. The molecule has 0 bridgehead atoms. The number of hydrogen-bond acceptors (Lipinski definition) is 3. The van der Waals surface area contributed by atoms with E-state index in [1.54, 1.807) is 0 Å². The van der Waals surface area contributed by atoms with E-state index in [1.165, 1.54) is 0 Å². The Labute approximate surface area is 105 Å². The lowest BCUT2D eigenvalue weighted by molar-refractivity contribution is -0.205. The van der Waals surface area contributed by atoms with Crippen LogP contribution in [0.1, 0.15) is 25.7 Å². The van der Waals surface area contributed by atoms with E-state index in [9.17, 15) is 18.3 Å². The lowest BCUT2D eigenvalue weighted by atomic mass is 9.81. The van der Waals surface area contributed by atoms with Crippen LogP contribution in [0.2, 0.25) is 0 Å². The summed E-state index contributed by atoms with van der Waals surface area (Å²) in [6, 6.07) is -0.588. The van der Waals surface area contributed by atoms with Gasteiger partial charge < -0.3 is 9.84 Å². The van der Waals surface area contributed by atoms with Crippen molar-refractivity contribution in [2.24, 2.45) is 5.92 Å². The van der Waals surface area contributed by atoms with Crippen molar-refractivity contribution >= 4 is 0 Å². The van der Waals surface area contributed by atoms with Crippen LogP contribution in [-0.2, 0) is 4.74 Å². The topological polar surface area (TPSA) is 32.7 Å². The van der Waals surface area contributed by atoms with Crippen molar-refractivity contribution in [2.45, 2.75) is 44.0 Å². The lowest BCUT2D eigenvalue weighted by Crippen LogP contribution is -2.51. The number of aliphatic hydroxyl groups is 1. The molecule has 0 aromatic carbocycles. The van der Waals surface area contributed by atoms with Crippen molar-refractivity contribution in [3.63, 3.8) is 0 Å². The van der Waals surface area contributed by atoms with Gasteiger partial charge in [-0.05, 0) is 25.7 Å². The van der Waals surface area contributed by atoms with Crippen LogP contribution < -0.4 is 0 Å². The van der Waals surface area contributed by atoms with Crippen LogP contribution in [0.4, 0.5) is 13.2 Å². The average Bonchev–Trinajstić information content (AvgIpc) is 2.55. The lowest BCUT2D eigenvalue weighted by Gasteiger charge is -2.41. The van der Waals surface area contributed by atoms with Crippen LogP contribution in [0.15, 0.2) is 0 Å². The predicted octanol–water partition coefficient (Wildman–Crippen LogP) is 1.80. The number of ether oxygens (including phenoxy) is 1. The minimum Gasteiger partial charge on any atom is -0.393 e. The molecule has 1 saturated carbocycles. The summed E-state index contributed by atoms with van der Waals surface area (Å²) in [6.07, 6.45) is -3.49. The number of rotatable bonds is 1. The van der Waals surface area contributed by atoms with E-state index in [0.29, 0.717) is 26.3 Å². The van der Waals surface area contributed by atoms with Crippen LogP contribution in [0.3, 0.4) is 0 Å². The number of halogens is 3. The molecule has 3 atom stereocenters. The van der Waals surface area contributed by atoms with E-state index < -0.39 is 24.2 Å². The van der Waals surface area contributed by atoms with Gasteiger partial charge in [-0.25, -0.2) is 0 Å². The average molecular weight is 267 g/mol. The van der Waals surface area contributed by atoms with Crippen molar-refractivity contribution in [1.29, 1.82) is 0 Å². The molecule has 2 rings (SSSR count). The first-order valence-corrected chi connectivity index (χ1v) is 6.55. The summed E-state index contributed by atoms with van der Waals surface area (Å²) in [4.78, 5) is 1.85. The molecule has 2 fully saturated rings. The van der Waals surface area contributed by atoms with Crippen molar-refractivity contribution in [3.05, 3.63) is 0 Å². The molecule has 1 aliphatic heterocycles. The molecule has 6 heteroatoms. The van der Waals surface area contributed by atoms with Crippen molar-refractivity contribution < 1.29 is 23.0 Å². The normalized spacial score (nSPS) is 36.3. The zero-order valence-corrected chi connectivity index (χ0v) is 10.3. The van der Waals surface area contributed by atoms with Gasteiger partial charge in [-0.3, -0.25) is 4.90 Å². The Kier molecular flexibility index (Phi) is 4.50. The number of nitrogens with zero attached hydrogens (tertiary/aromatic N) is 1. The van der Waals surface area contributed by atoms with E-state index in [1.807, 2.05) is 4.90 Å². The van der Waals surface area contributed by atoms with E-state index in [-0.39, 0.29) is 19.3 Å². The molecule has 1 aliphatic carbocycles. The zero-order valence-electron chi connectivity index (χ0n) is 10.3. The van der Waals surface area contributed by atoms with Crippen molar-refractivity contribution in [2.75, 3.05) is 26.3 Å². The second-order valence-electron chi connectivity index (χ2n) is 5.18. The number of hydrogen-bond donors (Lipinski definition) is 1. The maximum Gasteiger partial charge on any atom is 0.393 e. The summed E-state index contributed by atoms with van der Waals surface area (Å²) >= 11 is 0. The molecule has 1 saturated heterocycles. The largest absolute Gasteiger partial charge is 0.393 e. The van der Waals surface area contributed by atoms with Crippen LogP contribution in [-0.4, -0.2) is 54.6 Å². The summed E-state index contributed by atoms with van der Waals surface area (Å²) in [5, 5.41) is 9.64. The molecule has 0 spiro atoms. The fourth-order valence-corrected chi connectivity index (χ4v) is 3.01. The van der Waals surface area contributed by atoms with Gasteiger partial charge in [0.25, 0.3) is 0 Å². The Morgan fingerprint density at radius 2 is 1.89 bits per heavy atom. The highest BCUT2D eigenvalue weighted by Gasteiger charge is 2.48. The van der Waals surface area contributed by atoms with Crippen LogP contribution >= 0.6 is 0 Å². The van der Waals surface area contributed by atoms with Crippen LogP contribution in [0.5, 0.6) is 0 Å². The molecule has 0 radical (unpaired) electrons. The molecule has 2 aliphatic rings. The van der Waals surface area contributed by atoms with Gasteiger partial charge in [0, 0.05) is 25.7 Å². The van der Waals surface area contributed by atoms with Gasteiger partial charge >= 0.3 is 6.18 Å². The van der Waals surface area contributed by atoms with Crippen molar-refractivity contribution in [1.82, 2.24) is 4.90 Å². The molecule has 3 unspecified atom stereocenters. The highest BCUT2D eigenvalue weighted by molar-refractivity contribution is 4.90. The Balaban J connectivity index is 2.08. The molecular formula is C12H20F3NO2. The molecule has 0 aromatic rings. The molecule has 106 valence electrons. The Bertz CT molecular complexity index is 265. The highest BCUT2D eigenvalue weighted by Crippen LogP contribution is 2.40. The zero-order chi connectivity index (χ0) is 13.2. The summed E-state index contributed by atoms with van der Waals surface area (Å²) in [6.45, 7) is 2.26. The SMILES string of the molecule is OC1CCC(C(F)(F)F)C(N2CCCOCC2)C1. The first kappa shape index (κ1) is 14.1. The molecule has 0 amide bonds. The molecule has 1 N–H and O–H groups in total. The third-order valence-corrected chi connectivity index (χ3v) is 3.94. The number of aliphatic hydroxyl groups excluding tert-OH is 1. The van der Waals surface area contributed by atoms with Crippen molar-refractivity contribution in [3.8, 4) is 0 Å². The minimum atomic E-state index is -4.17. The molecule has 0 aromatic heterocycles. The van der Waals surface area contributed by atoms with Gasteiger partial charge in [0.2, 0.25) is 0 Å². The minimum absolute atomic E-state index is 0.0344. The second kappa shape index (κ2) is 5.75. The summed E-state index contributed by atoms with van der Waals surface area (Å²) < 4.78 is 44.4. The fraction of sp³-hybridized carbons (Fsp3) is 1.00. The number of alkyl halides is 3. The van der Waals surface area contributed by atoms with Gasteiger partial charge in [-0.2, -0.15) is 13.2 Å². The van der Waals surface area contributed by atoms with Crippen LogP contribution in [0, 0.1) is 5.92 Å². The monoisotopic (exact) mass is 267 g/mol. The summed E-state index contributed by atoms with van der Waals surface area (Å²) in [5.41, 5.74) is 0.